The van der Waals surface area contributed by atoms with E-state index in [0.29, 0.717) is 0 Å². The van der Waals surface area contributed by atoms with Crippen molar-refractivity contribution in [2.45, 2.75) is 13.1 Å². The highest BCUT2D eigenvalue weighted by atomic mass is 16.5. The molecule has 0 fully saturated rings. The molecular weight excluding hydrogens is 320 g/mol. The SMILES string of the molecule is COC(=O)c1ccoc1CNC(=O)NCc1occc1C(=O)OC. The molecule has 0 saturated carbocycles. The van der Waals surface area contributed by atoms with Crippen LogP contribution in [-0.2, 0) is 22.6 Å². The number of hydrogen-bond donors (Lipinski definition) is 2. The molecular formula is C15H16N2O7. The number of ether oxygens (including phenoxy) is 2. The smallest absolute Gasteiger partial charge is 0.341 e. The van der Waals surface area contributed by atoms with E-state index in [9.17, 15) is 14.4 Å². The zero-order chi connectivity index (χ0) is 17.5. The molecule has 2 rings (SSSR count). The largest absolute Gasteiger partial charge is 0.467 e. The Hall–Kier alpha value is -3.23. The topological polar surface area (TPSA) is 120 Å². The highest BCUT2D eigenvalue weighted by Gasteiger charge is 2.17. The summed E-state index contributed by atoms with van der Waals surface area (Å²) in [6.45, 7) is -0.0173. The summed E-state index contributed by atoms with van der Waals surface area (Å²) in [4.78, 5) is 34.8. The van der Waals surface area contributed by atoms with Crippen molar-refractivity contribution in [2.75, 3.05) is 14.2 Å². The maximum Gasteiger partial charge on any atom is 0.341 e. The monoisotopic (exact) mass is 336 g/mol. The fraction of sp³-hybridized carbons (Fsp3) is 0.267. The second kappa shape index (κ2) is 7.86. The molecule has 9 heteroatoms. The molecule has 2 amide bonds. The Bertz CT molecular complexity index is 672. The molecule has 0 atom stereocenters. The molecule has 2 aromatic rings. The van der Waals surface area contributed by atoms with Crippen molar-refractivity contribution in [3.05, 3.63) is 47.3 Å². The zero-order valence-corrected chi connectivity index (χ0v) is 13.1. The molecule has 0 radical (unpaired) electrons. The van der Waals surface area contributed by atoms with Gasteiger partial charge >= 0.3 is 18.0 Å². The van der Waals surface area contributed by atoms with E-state index in [0.717, 1.165) is 0 Å². The van der Waals surface area contributed by atoms with Crippen LogP contribution in [0.25, 0.3) is 0 Å². The number of amides is 2. The number of nitrogens with one attached hydrogen (secondary N) is 2. The van der Waals surface area contributed by atoms with Gasteiger partial charge in [0.2, 0.25) is 0 Å². The molecule has 24 heavy (non-hydrogen) atoms. The van der Waals surface area contributed by atoms with Crippen LogP contribution in [0.2, 0.25) is 0 Å². The Morgan fingerprint density at radius 1 is 0.875 bits per heavy atom. The average Bonchev–Trinajstić information content (AvgIpc) is 3.25. The summed E-state index contributed by atoms with van der Waals surface area (Å²) in [5.74, 6) is -0.575. The summed E-state index contributed by atoms with van der Waals surface area (Å²) >= 11 is 0. The Labute approximate surface area is 136 Å². The minimum absolute atomic E-state index is 0.00865. The first-order chi connectivity index (χ1) is 11.6. The Morgan fingerprint density at radius 3 is 1.67 bits per heavy atom. The number of carbonyl (C=O) groups excluding carboxylic acids is 3. The van der Waals surface area contributed by atoms with Gasteiger partial charge in [-0.2, -0.15) is 0 Å². The van der Waals surface area contributed by atoms with Crippen molar-refractivity contribution in [1.29, 1.82) is 0 Å². The lowest BCUT2D eigenvalue weighted by Gasteiger charge is -2.07. The van der Waals surface area contributed by atoms with Crippen LogP contribution in [0.1, 0.15) is 32.2 Å². The first kappa shape index (κ1) is 17.1. The number of hydrogen-bond acceptors (Lipinski definition) is 7. The van der Waals surface area contributed by atoms with Crippen LogP contribution in [0.15, 0.2) is 33.5 Å². The fourth-order valence-corrected chi connectivity index (χ4v) is 1.92. The lowest BCUT2D eigenvalue weighted by atomic mass is 10.2. The van der Waals surface area contributed by atoms with Crippen LogP contribution in [-0.4, -0.2) is 32.2 Å². The van der Waals surface area contributed by atoms with E-state index in [4.69, 9.17) is 8.83 Å². The summed E-state index contributed by atoms with van der Waals surface area (Å²) in [6.07, 6.45) is 2.65. The van der Waals surface area contributed by atoms with E-state index in [-0.39, 0.29) is 35.7 Å². The van der Waals surface area contributed by atoms with Crippen LogP contribution in [0.4, 0.5) is 4.79 Å². The summed E-state index contributed by atoms with van der Waals surface area (Å²) in [5, 5.41) is 5.04. The lowest BCUT2D eigenvalue weighted by Crippen LogP contribution is -2.35. The summed E-state index contributed by atoms with van der Waals surface area (Å²) in [6, 6.07) is 2.37. The van der Waals surface area contributed by atoms with Gasteiger partial charge in [-0.25, -0.2) is 14.4 Å². The molecule has 9 nitrogen and oxygen atoms in total. The maximum absolute atomic E-state index is 11.8. The third-order valence-corrected chi connectivity index (χ3v) is 3.12. The van der Waals surface area contributed by atoms with Crippen LogP contribution < -0.4 is 10.6 Å². The van der Waals surface area contributed by atoms with Crippen molar-refractivity contribution >= 4 is 18.0 Å². The molecule has 0 spiro atoms. The molecule has 128 valence electrons. The third kappa shape index (κ3) is 3.94. The van der Waals surface area contributed by atoms with Crippen molar-refractivity contribution in [3.8, 4) is 0 Å². The second-order valence-electron chi connectivity index (χ2n) is 4.53. The van der Waals surface area contributed by atoms with Crippen LogP contribution >= 0.6 is 0 Å². The van der Waals surface area contributed by atoms with Gasteiger partial charge < -0.3 is 28.9 Å². The number of carbonyl (C=O) groups is 3. The van der Waals surface area contributed by atoms with Gasteiger partial charge in [0.05, 0.1) is 39.8 Å². The first-order valence-corrected chi connectivity index (χ1v) is 6.88. The molecule has 0 saturated heterocycles. The normalized spacial score (nSPS) is 10.1. The van der Waals surface area contributed by atoms with Gasteiger partial charge in [0.15, 0.2) is 0 Å². The lowest BCUT2D eigenvalue weighted by molar-refractivity contribution is 0.0589. The molecule has 2 aromatic heterocycles. The van der Waals surface area contributed by atoms with Crippen molar-refractivity contribution in [3.63, 3.8) is 0 Å². The highest BCUT2D eigenvalue weighted by molar-refractivity contribution is 5.91. The van der Waals surface area contributed by atoms with Crippen molar-refractivity contribution < 1.29 is 32.7 Å². The Balaban J connectivity index is 1.87. The molecule has 0 aliphatic carbocycles. The average molecular weight is 336 g/mol. The minimum atomic E-state index is -0.556. The van der Waals surface area contributed by atoms with E-state index in [1.54, 1.807) is 0 Å². The summed E-state index contributed by atoms with van der Waals surface area (Å²) in [7, 11) is 2.50. The van der Waals surface area contributed by atoms with Crippen LogP contribution in [0, 0.1) is 0 Å². The maximum atomic E-state index is 11.8. The first-order valence-electron chi connectivity index (χ1n) is 6.88. The van der Waals surface area contributed by atoms with Gasteiger partial charge in [0.25, 0.3) is 0 Å². The predicted molar refractivity (Wildman–Crippen MR) is 79.2 cm³/mol. The minimum Gasteiger partial charge on any atom is -0.467 e. The van der Waals surface area contributed by atoms with E-state index in [1.807, 2.05) is 0 Å². The fourth-order valence-electron chi connectivity index (χ4n) is 1.92. The van der Waals surface area contributed by atoms with E-state index in [1.165, 1.54) is 38.9 Å². The predicted octanol–water partition coefficient (Wildman–Crippen LogP) is 1.45. The molecule has 0 aromatic carbocycles. The van der Waals surface area contributed by atoms with Gasteiger partial charge in [-0.1, -0.05) is 0 Å². The molecule has 0 aliphatic rings. The Morgan fingerprint density at radius 2 is 1.29 bits per heavy atom. The molecule has 2 N–H and O–H groups in total. The summed E-state index contributed by atoms with van der Waals surface area (Å²) in [5.41, 5.74) is 0.466. The van der Waals surface area contributed by atoms with Crippen LogP contribution in [0.3, 0.4) is 0 Å². The quantitative estimate of drug-likeness (QED) is 0.766. The van der Waals surface area contributed by atoms with E-state index >= 15 is 0 Å². The molecule has 0 aliphatic heterocycles. The van der Waals surface area contributed by atoms with Crippen LogP contribution in [0.5, 0.6) is 0 Å². The number of furan rings is 2. The molecule has 0 unspecified atom stereocenters. The van der Waals surface area contributed by atoms with Gasteiger partial charge in [-0.3, -0.25) is 0 Å². The number of esters is 2. The van der Waals surface area contributed by atoms with Gasteiger partial charge in [-0.15, -0.1) is 0 Å². The van der Waals surface area contributed by atoms with Gasteiger partial charge in [-0.05, 0) is 12.1 Å². The zero-order valence-electron chi connectivity index (χ0n) is 13.1. The Kier molecular flexibility index (Phi) is 5.61. The summed E-state index contributed by atoms with van der Waals surface area (Å²) < 4.78 is 19.5. The van der Waals surface area contributed by atoms with Gasteiger partial charge in [0, 0.05) is 0 Å². The molecule has 0 bridgehead atoms. The number of urea groups is 1. The number of methoxy groups -OCH3 is 2. The van der Waals surface area contributed by atoms with E-state index in [2.05, 4.69) is 20.1 Å². The number of rotatable bonds is 6. The molecule has 2 heterocycles. The standard InChI is InChI=1S/C15H16N2O7/c1-21-13(18)9-3-5-23-11(9)7-16-15(20)17-8-12-10(4-6-24-12)14(19)22-2/h3-6H,7-8H2,1-2H3,(H2,16,17,20). The third-order valence-electron chi connectivity index (χ3n) is 3.12. The van der Waals surface area contributed by atoms with Gasteiger partial charge in [0.1, 0.15) is 22.6 Å². The van der Waals surface area contributed by atoms with Crippen molar-refractivity contribution in [1.82, 2.24) is 10.6 Å². The highest BCUT2D eigenvalue weighted by Crippen LogP contribution is 2.12. The second-order valence-corrected chi connectivity index (χ2v) is 4.53. The van der Waals surface area contributed by atoms with Crippen molar-refractivity contribution in [2.24, 2.45) is 0 Å². The van der Waals surface area contributed by atoms with E-state index < -0.39 is 18.0 Å².